The Balaban J connectivity index is 2.33. The van der Waals surface area contributed by atoms with Crippen molar-refractivity contribution in [1.82, 2.24) is 15.5 Å². The first kappa shape index (κ1) is 16.2. The molecule has 1 aliphatic heterocycles. The minimum atomic E-state index is -4.17. The van der Waals surface area contributed by atoms with E-state index in [4.69, 9.17) is 0 Å². The zero-order valence-corrected chi connectivity index (χ0v) is 11.5. The highest BCUT2D eigenvalue weighted by Gasteiger charge is 2.42. The van der Waals surface area contributed by atoms with Gasteiger partial charge in [-0.1, -0.05) is 0 Å². The number of hydrogen-bond donors (Lipinski definition) is 2. The van der Waals surface area contributed by atoms with E-state index in [-0.39, 0.29) is 31.3 Å². The highest BCUT2D eigenvalue weighted by molar-refractivity contribution is 5.81. The molecule has 0 aromatic rings. The normalized spacial score (nSPS) is 26.3. The van der Waals surface area contributed by atoms with Crippen molar-refractivity contribution >= 4 is 5.91 Å². The average Bonchev–Trinajstić information content (AvgIpc) is 2.34. The number of hydrogen-bond acceptors (Lipinski definition) is 3. The van der Waals surface area contributed by atoms with Gasteiger partial charge in [0, 0.05) is 19.1 Å². The SMILES string of the molecule is CC(CNC(=O)C1CCC(C(F)(F)F)CN1)N(C)C. The fourth-order valence-electron chi connectivity index (χ4n) is 1.91. The predicted molar refractivity (Wildman–Crippen MR) is 66.7 cm³/mol. The van der Waals surface area contributed by atoms with E-state index in [9.17, 15) is 18.0 Å². The molecule has 0 aliphatic carbocycles. The third-order valence-electron chi connectivity index (χ3n) is 3.65. The summed E-state index contributed by atoms with van der Waals surface area (Å²) in [6, 6.07) is -0.316. The smallest absolute Gasteiger partial charge is 0.353 e. The molecule has 1 aliphatic rings. The summed E-state index contributed by atoms with van der Waals surface area (Å²) in [6.45, 7) is 2.28. The van der Waals surface area contributed by atoms with Crippen LogP contribution in [0.5, 0.6) is 0 Å². The largest absolute Gasteiger partial charge is 0.393 e. The minimum Gasteiger partial charge on any atom is -0.353 e. The Hall–Kier alpha value is -0.820. The Kier molecular flexibility index (Phi) is 5.61. The van der Waals surface area contributed by atoms with Crippen LogP contribution in [0.3, 0.4) is 0 Å². The second-order valence-corrected chi connectivity index (χ2v) is 5.33. The number of rotatable bonds is 4. The lowest BCUT2D eigenvalue weighted by molar-refractivity contribution is -0.180. The highest BCUT2D eigenvalue weighted by Crippen LogP contribution is 2.31. The van der Waals surface area contributed by atoms with Crippen molar-refractivity contribution in [3.05, 3.63) is 0 Å². The van der Waals surface area contributed by atoms with E-state index in [0.717, 1.165) is 0 Å². The Bertz CT molecular complexity index is 299. The maximum Gasteiger partial charge on any atom is 0.393 e. The van der Waals surface area contributed by atoms with Crippen molar-refractivity contribution in [3.8, 4) is 0 Å². The average molecular weight is 281 g/mol. The van der Waals surface area contributed by atoms with Crippen LogP contribution in [0.4, 0.5) is 13.2 Å². The van der Waals surface area contributed by atoms with Crippen LogP contribution < -0.4 is 10.6 Å². The number of alkyl halides is 3. The zero-order valence-electron chi connectivity index (χ0n) is 11.5. The fourth-order valence-corrected chi connectivity index (χ4v) is 1.91. The number of halogens is 3. The van der Waals surface area contributed by atoms with Crippen LogP contribution in [0.15, 0.2) is 0 Å². The van der Waals surface area contributed by atoms with Crippen molar-refractivity contribution in [2.75, 3.05) is 27.2 Å². The molecule has 112 valence electrons. The van der Waals surface area contributed by atoms with Gasteiger partial charge in [-0.15, -0.1) is 0 Å². The summed E-state index contributed by atoms with van der Waals surface area (Å²) in [7, 11) is 3.81. The quantitative estimate of drug-likeness (QED) is 0.807. The van der Waals surface area contributed by atoms with E-state index in [1.54, 1.807) is 0 Å². The zero-order chi connectivity index (χ0) is 14.6. The lowest BCUT2D eigenvalue weighted by Crippen LogP contribution is -2.52. The summed E-state index contributed by atoms with van der Waals surface area (Å²) in [6.07, 6.45) is -3.93. The third kappa shape index (κ3) is 4.99. The molecule has 19 heavy (non-hydrogen) atoms. The van der Waals surface area contributed by atoms with Crippen LogP contribution in [0.25, 0.3) is 0 Å². The summed E-state index contributed by atoms with van der Waals surface area (Å²) in [5, 5.41) is 5.45. The first-order valence-electron chi connectivity index (χ1n) is 6.46. The number of likely N-dealkylation sites (N-methyl/N-ethyl adjacent to an activating group) is 1. The molecule has 3 atom stereocenters. The van der Waals surface area contributed by atoms with Gasteiger partial charge in [-0.2, -0.15) is 13.2 Å². The van der Waals surface area contributed by atoms with Crippen LogP contribution in [0, 0.1) is 5.92 Å². The molecule has 0 aromatic heterocycles. The van der Waals surface area contributed by atoms with Crippen LogP contribution in [0.2, 0.25) is 0 Å². The van der Waals surface area contributed by atoms with Gasteiger partial charge in [0.1, 0.15) is 0 Å². The van der Waals surface area contributed by atoms with E-state index >= 15 is 0 Å². The van der Waals surface area contributed by atoms with Gasteiger partial charge in [-0.05, 0) is 33.9 Å². The summed E-state index contributed by atoms with van der Waals surface area (Å²) in [5.41, 5.74) is 0. The van der Waals surface area contributed by atoms with E-state index in [1.165, 1.54) is 0 Å². The van der Waals surface area contributed by atoms with Crippen LogP contribution in [-0.2, 0) is 4.79 Å². The predicted octanol–water partition coefficient (Wildman–Crippen LogP) is 0.983. The molecule has 1 rings (SSSR count). The van der Waals surface area contributed by atoms with E-state index in [2.05, 4.69) is 10.6 Å². The molecule has 1 saturated heterocycles. The molecule has 1 amide bonds. The standard InChI is InChI=1S/C12H22F3N3O/c1-8(18(2)3)6-17-11(19)10-5-4-9(7-16-10)12(13,14)15/h8-10,16H,4-7H2,1-3H3,(H,17,19). The summed E-state index contributed by atoms with van der Waals surface area (Å²) < 4.78 is 37.4. The molecule has 4 nitrogen and oxygen atoms in total. The molecule has 0 bridgehead atoms. The molecular formula is C12H22F3N3O. The Morgan fingerprint density at radius 3 is 2.47 bits per heavy atom. The highest BCUT2D eigenvalue weighted by atomic mass is 19.4. The van der Waals surface area contributed by atoms with Gasteiger partial charge >= 0.3 is 6.18 Å². The first-order chi connectivity index (χ1) is 8.71. The Morgan fingerprint density at radius 2 is 2.05 bits per heavy atom. The molecule has 7 heteroatoms. The monoisotopic (exact) mass is 281 g/mol. The molecule has 0 radical (unpaired) electrons. The van der Waals surface area contributed by atoms with Crippen LogP contribution in [0.1, 0.15) is 19.8 Å². The van der Waals surface area contributed by atoms with Crippen molar-refractivity contribution in [3.63, 3.8) is 0 Å². The molecule has 0 saturated carbocycles. The van der Waals surface area contributed by atoms with Crippen LogP contribution >= 0.6 is 0 Å². The number of carbonyl (C=O) groups is 1. The van der Waals surface area contributed by atoms with Gasteiger partial charge in [0.2, 0.25) is 5.91 Å². The maximum absolute atomic E-state index is 12.5. The summed E-state index contributed by atoms with van der Waals surface area (Å²) in [5.74, 6) is -1.55. The fraction of sp³-hybridized carbons (Fsp3) is 0.917. The number of carbonyl (C=O) groups excluding carboxylic acids is 1. The lowest BCUT2D eigenvalue weighted by Gasteiger charge is -2.30. The second kappa shape index (κ2) is 6.56. The molecule has 0 spiro atoms. The van der Waals surface area contributed by atoms with Gasteiger partial charge in [-0.3, -0.25) is 4.79 Å². The third-order valence-corrected chi connectivity index (χ3v) is 3.65. The number of amides is 1. The topological polar surface area (TPSA) is 44.4 Å². The first-order valence-corrected chi connectivity index (χ1v) is 6.46. The Labute approximate surface area is 111 Å². The van der Waals surface area contributed by atoms with Crippen molar-refractivity contribution in [1.29, 1.82) is 0 Å². The molecule has 1 fully saturated rings. The van der Waals surface area contributed by atoms with Crippen molar-refractivity contribution < 1.29 is 18.0 Å². The maximum atomic E-state index is 12.5. The van der Waals surface area contributed by atoms with Gasteiger partial charge in [-0.25, -0.2) is 0 Å². The molecule has 2 N–H and O–H groups in total. The van der Waals surface area contributed by atoms with Gasteiger partial charge < -0.3 is 15.5 Å². The van der Waals surface area contributed by atoms with E-state index in [1.807, 2.05) is 25.9 Å². The van der Waals surface area contributed by atoms with Gasteiger partial charge in [0.05, 0.1) is 12.0 Å². The van der Waals surface area contributed by atoms with Gasteiger partial charge in [0.15, 0.2) is 0 Å². The van der Waals surface area contributed by atoms with E-state index < -0.39 is 18.1 Å². The van der Waals surface area contributed by atoms with Crippen LogP contribution in [-0.4, -0.2) is 56.3 Å². The second-order valence-electron chi connectivity index (χ2n) is 5.33. The van der Waals surface area contributed by atoms with Gasteiger partial charge in [0.25, 0.3) is 0 Å². The molecular weight excluding hydrogens is 259 g/mol. The number of nitrogens with zero attached hydrogens (tertiary/aromatic N) is 1. The lowest BCUT2D eigenvalue weighted by atomic mass is 9.94. The molecule has 3 unspecified atom stereocenters. The minimum absolute atomic E-state index is 0.0117. The summed E-state index contributed by atoms with van der Waals surface area (Å²) in [4.78, 5) is 13.8. The Morgan fingerprint density at radius 1 is 1.42 bits per heavy atom. The summed E-state index contributed by atoms with van der Waals surface area (Å²) >= 11 is 0. The number of piperidine rings is 1. The molecule has 0 aromatic carbocycles. The number of nitrogens with one attached hydrogen (secondary N) is 2. The molecule has 1 heterocycles. The van der Waals surface area contributed by atoms with Crippen molar-refractivity contribution in [2.24, 2.45) is 5.92 Å². The van der Waals surface area contributed by atoms with Crippen molar-refractivity contribution in [2.45, 2.75) is 38.0 Å². The van der Waals surface area contributed by atoms with E-state index in [0.29, 0.717) is 6.54 Å².